The second-order valence-electron chi connectivity index (χ2n) is 5.49. The number of carbonyl (C=O) groups excluding carboxylic acids is 1. The summed E-state index contributed by atoms with van der Waals surface area (Å²) in [6.45, 7) is 0.199. The molecule has 2 aromatic rings. The van der Waals surface area contributed by atoms with Crippen molar-refractivity contribution in [2.75, 3.05) is 25.5 Å². The Morgan fingerprint density at radius 2 is 1.80 bits per heavy atom. The highest BCUT2D eigenvalue weighted by atomic mass is 16.2. The van der Waals surface area contributed by atoms with Crippen molar-refractivity contribution < 1.29 is 4.79 Å². The first kappa shape index (κ1) is 18.0. The molecular formula is C21H21N3O. The molecule has 126 valence electrons. The first-order valence-electron chi connectivity index (χ1n) is 7.91. The lowest BCUT2D eigenvalue weighted by molar-refractivity contribution is 0.0990. The zero-order chi connectivity index (χ0) is 18.1. The predicted molar refractivity (Wildman–Crippen MR) is 105 cm³/mol. The summed E-state index contributed by atoms with van der Waals surface area (Å²) < 4.78 is 0. The van der Waals surface area contributed by atoms with E-state index in [9.17, 15) is 4.79 Å². The van der Waals surface area contributed by atoms with Crippen LogP contribution >= 0.6 is 0 Å². The minimum atomic E-state index is -0.124. The van der Waals surface area contributed by atoms with E-state index in [0.717, 1.165) is 11.3 Å². The fourth-order valence-electron chi connectivity index (χ4n) is 2.29. The molecule has 0 atom stereocenters. The van der Waals surface area contributed by atoms with E-state index in [1.807, 2.05) is 68.7 Å². The molecule has 0 unspecified atom stereocenters. The number of anilines is 1. The summed E-state index contributed by atoms with van der Waals surface area (Å²) in [4.78, 5) is 14.5. The molecular weight excluding hydrogens is 310 g/mol. The minimum absolute atomic E-state index is 0.124. The van der Waals surface area contributed by atoms with Gasteiger partial charge in [-0.15, -0.1) is 6.42 Å². The van der Waals surface area contributed by atoms with Crippen LogP contribution in [-0.2, 0) is 0 Å². The number of allylic oxidation sites excluding steroid dienone is 1. The molecule has 1 amide bonds. The SMILES string of the molecule is C#CCN(C(=O)c1ccccc1)c1ccccc1/C=C/C=N/N(C)C. The fourth-order valence-corrected chi connectivity index (χ4v) is 2.29. The maximum absolute atomic E-state index is 12.9. The third kappa shape index (κ3) is 5.08. The Morgan fingerprint density at radius 3 is 2.48 bits per heavy atom. The van der Waals surface area contributed by atoms with Crippen molar-refractivity contribution in [3.63, 3.8) is 0 Å². The summed E-state index contributed by atoms with van der Waals surface area (Å²) in [7, 11) is 3.71. The van der Waals surface area contributed by atoms with E-state index < -0.39 is 0 Å². The van der Waals surface area contributed by atoms with Crippen LogP contribution in [0.15, 0.2) is 65.8 Å². The summed E-state index contributed by atoms with van der Waals surface area (Å²) >= 11 is 0. The molecule has 0 aliphatic heterocycles. The molecule has 0 heterocycles. The van der Waals surface area contributed by atoms with E-state index in [-0.39, 0.29) is 12.5 Å². The second-order valence-corrected chi connectivity index (χ2v) is 5.49. The summed E-state index contributed by atoms with van der Waals surface area (Å²) in [5, 5.41) is 5.85. The van der Waals surface area contributed by atoms with Gasteiger partial charge < -0.3 is 5.01 Å². The lowest BCUT2D eigenvalue weighted by Gasteiger charge is -2.22. The van der Waals surface area contributed by atoms with E-state index in [2.05, 4.69) is 11.0 Å². The van der Waals surface area contributed by atoms with Gasteiger partial charge in [-0.25, -0.2) is 0 Å². The molecule has 25 heavy (non-hydrogen) atoms. The largest absolute Gasteiger partial charge is 0.303 e. The number of nitrogens with zero attached hydrogens (tertiary/aromatic N) is 3. The summed E-state index contributed by atoms with van der Waals surface area (Å²) in [5.74, 6) is 2.45. The first-order valence-corrected chi connectivity index (χ1v) is 7.91. The Hall–Kier alpha value is -3.32. The molecule has 0 fully saturated rings. The van der Waals surface area contributed by atoms with Gasteiger partial charge >= 0.3 is 0 Å². The van der Waals surface area contributed by atoms with E-state index in [4.69, 9.17) is 6.42 Å². The van der Waals surface area contributed by atoms with Crippen LogP contribution in [0.3, 0.4) is 0 Å². The summed E-state index contributed by atoms with van der Waals surface area (Å²) in [5.41, 5.74) is 2.27. The highest BCUT2D eigenvalue weighted by Crippen LogP contribution is 2.23. The number of hydrogen-bond acceptors (Lipinski definition) is 3. The van der Waals surface area contributed by atoms with Gasteiger partial charge in [0.25, 0.3) is 5.91 Å². The van der Waals surface area contributed by atoms with Crippen LogP contribution in [0, 0.1) is 12.3 Å². The zero-order valence-electron chi connectivity index (χ0n) is 14.5. The molecule has 0 saturated heterocycles. The Labute approximate surface area is 149 Å². The number of carbonyl (C=O) groups is 1. The maximum Gasteiger partial charge on any atom is 0.259 e. The number of terminal acetylenes is 1. The van der Waals surface area contributed by atoms with Crippen LogP contribution in [0.25, 0.3) is 6.08 Å². The predicted octanol–water partition coefficient (Wildman–Crippen LogP) is 3.53. The van der Waals surface area contributed by atoms with Crippen molar-refractivity contribution in [3.05, 3.63) is 71.8 Å². The van der Waals surface area contributed by atoms with Gasteiger partial charge in [0.05, 0.1) is 12.2 Å². The molecule has 0 aliphatic carbocycles. The summed E-state index contributed by atoms with van der Waals surface area (Å²) in [6, 6.07) is 16.8. The third-order valence-electron chi connectivity index (χ3n) is 3.40. The molecule has 0 radical (unpaired) electrons. The smallest absolute Gasteiger partial charge is 0.259 e. The van der Waals surface area contributed by atoms with Crippen molar-refractivity contribution >= 4 is 23.9 Å². The van der Waals surface area contributed by atoms with Gasteiger partial charge in [-0.2, -0.15) is 5.10 Å². The number of hydrazone groups is 1. The number of hydrogen-bond donors (Lipinski definition) is 0. The maximum atomic E-state index is 12.9. The summed E-state index contributed by atoms with van der Waals surface area (Å²) in [6.07, 6.45) is 10.9. The first-order chi connectivity index (χ1) is 12.1. The molecule has 2 aromatic carbocycles. The van der Waals surface area contributed by atoms with Crippen LogP contribution < -0.4 is 4.90 Å². The monoisotopic (exact) mass is 331 g/mol. The quantitative estimate of drug-likeness (QED) is 0.461. The molecule has 0 N–H and O–H groups in total. The van der Waals surface area contributed by atoms with Crippen molar-refractivity contribution in [2.24, 2.45) is 5.10 Å². The van der Waals surface area contributed by atoms with Gasteiger partial charge in [0.1, 0.15) is 0 Å². The lowest BCUT2D eigenvalue weighted by atomic mass is 10.1. The molecule has 4 heteroatoms. The topological polar surface area (TPSA) is 35.9 Å². The Balaban J connectivity index is 2.36. The molecule has 0 aromatic heterocycles. The van der Waals surface area contributed by atoms with Crippen LogP contribution in [0.1, 0.15) is 15.9 Å². The highest BCUT2D eigenvalue weighted by molar-refractivity contribution is 6.07. The Bertz CT molecular complexity index is 801. The van der Waals surface area contributed by atoms with Gasteiger partial charge in [0, 0.05) is 25.9 Å². The number of rotatable bonds is 6. The van der Waals surface area contributed by atoms with Crippen LogP contribution in [0.5, 0.6) is 0 Å². The molecule has 0 saturated carbocycles. The van der Waals surface area contributed by atoms with Crippen molar-refractivity contribution in [1.29, 1.82) is 0 Å². The van der Waals surface area contributed by atoms with Gasteiger partial charge in [-0.1, -0.05) is 48.4 Å². The highest BCUT2D eigenvalue weighted by Gasteiger charge is 2.18. The number of para-hydroxylation sites is 1. The van der Waals surface area contributed by atoms with E-state index in [0.29, 0.717) is 5.56 Å². The van der Waals surface area contributed by atoms with Gasteiger partial charge in [0.2, 0.25) is 0 Å². The van der Waals surface area contributed by atoms with Gasteiger partial charge in [-0.05, 0) is 29.8 Å². The molecule has 0 spiro atoms. The van der Waals surface area contributed by atoms with Crippen molar-refractivity contribution in [1.82, 2.24) is 5.01 Å². The van der Waals surface area contributed by atoms with E-state index >= 15 is 0 Å². The Morgan fingerprint density at radius 1 is 1.12 bits per heavy atom. The zero-order valence-corrected chi connectivity index (χ0v) is 14.5. The van der Waals surface area contributed by atoms with Crippen LogP contribution in [-0.4, -0.2) is 37.8 Å². The average molecular weight is 331 g/mol. The molecule has 4 nitrogen and oxygen atoms in total. The van der Waals surface area contributed by atoms with Crippen molar-refractivity contribution in [3.8, 4) is 12.3 Å². The lowest BCUT2D eigenvalue weighted by Crippen LogP contribution is -2.31. The van der Waals surface area contributed by atoms with Crippen LogP contribution in [0.2, 0.25) is 0 Å². The standard InChI is InChI=1S/C21H21N3O/c1-4-17-24(21(25)19-12-6-5-7-13-19)20-15-9-8-11-18(20)14-10-16-22-23(2)3/h1,5-16H,17H2,2-3H3/b14-10+,22-16+. The molecule has 0 aliphatic rings. The van der Waals surface area contributed by atoms with Crippen molar-refractivity contribution in [2.45, 2.75) is 0 Å². The number of amides is 1. The number of benzene rings is 2. The Kier molecular flexibility index (Phi) is 6.56. The minimum Gasteiger partial charge on any atom is -0.303 e. The van der Waals surface area contributed by atoms with Gasteiger partial charge in [0.15, 0.2) is 0 Å². The van der Waals surface area contributed by atoms with E-state index in [1.165, 1.54) is 0 Å². The molecule has 2 rings (SSSR count). The third-order valence-corrected chi connectivity index (χ3v) is 3.40. The van der Waals surface area contributed by atoms with Gasteiger partial charge in [-0.3, -0.25) is 9.69 Å². The van der Waals surface area contributed by atoms with E-state index in [1.54, 1.807) is 28.3 Å². The fraction of sp³-hybridized carbons (Fsp3) is 0.143. The molecule has 0 bridgehead atoms. The second kappa shape index (κ2) is 9.09. The normalized spacial score (nSPS) is 10.8. The van der Waals surface area contributed by atoms with Crippen LogP contribution in [0.4, 0.5) is 5.69 Å². The average Bonchev–Trinajstić information content (AvgIpc) is 2.64.